The number of hydrazone groups is 1. The first-order chi connectivity index (χ1) is 47.0. The predicted octanol–water partition coefficient (Wildman–Crippen LogP) is -0.179. The smallest absolute Gasteiger partial charge is 0.251 e. The number of benzene rings is 2. The van der Waals surface area contributed by atoms with Gasteiger partial charge in [0.05, 0.1) is 62.0 Å². The number of hydrogen-bond donors (Lipinski definition) is 15. The molecule has 10 unspecified atom stereocenters. The Morgan fingerprint density at radius 1 is 0.747 bits per heavy atom. The highest BCUT2D eigenvalue weighted by molar-refractivity contribution is 6.38. The lowest BCUT2D eigenvalue weighted by atomic mass is 9.74. The van der Waals surface area contributed by atoms with Crippen LogP contribution in [0.1, 0.15) is 122 Å². The number of Topliss-reactive ketones (excluding diaryl/α,β-unsaturated/α-hetero) is 1. The van der Waals surface area contributed by atoms with Crippen molar-refractivity contribution in [3.8, 4) is 0 Å². The molecule has 4 heterocycles. The van der Waals surface area contributed by atoms with Crippen molar-refractivity contribution in [3.05, 3.63) is 77.5 Å². The molecule has 4 saturated heterocycles. The zero-order valence-electron chi connectivity index (χ0n) is 56.3. The summed E-state index contributed by atoms with van der Waals surface area (Å²) < 4.78 is 73.0. The monoisotopic (exact) mass is 1400 g/mol. The molecule has 7 fully saturated rings. The van der Waals surface area contributed by atoms with Crippen molar-refractivity contribution in [2.75, 3.05) is 39.5 Å². The van der Waals surface area contributed by atoms with Crippen molar-refractivity contribution in [1.29, 1.82) is 0 Å². The maximum atomic E-state index is 14.7. The molecule has 0 bridgehead atoms. The minimum atomic E-state index is -1.71. The van der Waals surface area contributed by atoms with Crippen LogP contribution in [-0.4, -0.2) is 254 Å². The van der Waals surface area contributed by atoms with Crippen LogP contribution in [0.5, 0.6) is 0 Å². The summed E-state index contributed by atoms with van der Waals surface area (Å²) in [5.74, 6) is 1.10. The van der Waals surface area contributed by atoms with E-state index in [9.17, 15) is 73.9 Å². The van der Waals surface area contributed by atoms with Crippen LogP contribution in [0.2, 0.25) is 0 Å². The zero-order valence-corrected chi connectivity index (χ0v) is 56.3. The van der Waals surface area contributed by atoms with Crippen molar-refractivity contribution < 1.29 is 107 Å². The van der Waals surface area contributed by atoms with E-state index in [1.807, 2.05) is 6.92 Å². The van der Waals surface area contributed by atoms with E-state index < -0.39 is 183 Å². The van der Waals surface area contributed by atoms with Gasteiger partial charge in [0.1, 0.15) is 102 Å². The molecule has 0 radical (unpaired) electrons. The third-order valence-corrected chi connectivity index (χ3v) is 20.4. The SMILES string of the molecule is CCC1CC(C(=O)CCCNC(=O)[C@H]2CC(N=CC(=NN)c3cccc(F)c3)C(O)[C@H](O[C@@H]3OC(CO)[C@H](O)C(N/C=C(\N)c4cccc(F)c4)[C@H]3O)C2)C[C@@H](O[C@@H]2OC(CO)[C@H](O)[C@H](O[C@@H](CC3CCCCC3)C(=O)N3CCC3)C2NC(C)=O)[C@@H]1OC[C@@H]1OC(C)[C@@H](O)[C@H](O)C1O.N. The Morgan fingerprint density at radius 3 is 2.05 bits per heavy atom. The van der Waals surface area contributed by atoms with Crippen LogP contribution in [-0.2, 0) is 52.3 Å². The normalized spacial score (nSPS) is 35.9. The Kier molecular flexibility index (Phi) is 29.4. The van der Waals surface area contributed by atoms with E-state index >= 15 is 0 Å². The van der Waals surface area contributed by atoms with E-state index in [1.54, 1.807) is 17.9 Å². The molecule has 0 spiro atoms. The highest BCUT2D eigenvalue weighted by Gasteiger charge is 2.53. The van der Waals surface area contributed by atoms with Crippen molar-refractivity contribution in [2.45, 2.75) is 239 Å². The summed E-state index contributed by atoms with van der Waals surface area (Å²) in [6, 6.07) is 7.04. The van der Waals surface area contributed by atoms with Gasteiger partial charge in [-0.2, -0.15) is 5.10 Å². The van der Waals surface area contributed by atoms with Crippen molar-refractivity contribution in [2.24, 2.45) is 45.3 Å². The minimum absolute atomic E-state index is 0. The quantitative estimate of drug-likeness (QED) is 0.0227. The van der Waals surface area contributed by atoms with Gasteiger partial charge in [0.2, 0.25) is 11.8 Å². The number of nitrogens with zero attached hydrogens (tertiary/aromatic N) is 3. The first kappa shape index (κ1) is 78.9. The van der Waals surface area contributed by atoms with Crippen LogP contribution >= 0.6 is 0 Å². The first-order valence-electron chi connectivity index (χ1n) is 34.4. The van der Waals surface area contributed by atoms with Gasteiger partial charge in [-0.25, -0.2) is 8.78 Å². The fourth-order valence-corrected chi connectivity index (χ4v) is 14.6. The Bertz CT molecular complexity index is 3050. The van der Waals surface area contributed by atoms with Gasteiger partial charge in [-0.1, -0.05) is 69.7 Å². The average Bonchev–Trinajstić information content (AvgIpc) is 0.785. The molecule has 19 N–H and O–H groups in total. The Morgan fingerprint density at radius 2 is 1.40 bits per heavy atom. The Hall–Kier alpha value is -5.82. The van der Waals surface area contributed by atoms with Gasteiger partial charge in [-0.15, -0.1) is 0 Å². The molecule has 554 valence electrons. The van der Waals surface area contributed by atoms with Crippen LogP contribution in [0.3, 0.4) is 0 Å². The molecule has 3 amide bonds. The van der Waals surface area contributed by atoms with Crippen molar-refractivity contribution >= 4 is 41.1 Å². The van der Waals surface area contributed by atoms with Crippen LogP contribution in [0.4, 0.5) is 8.78 Å². The largest absolute Gasteiger partial charge is 0.397 e. The highest BCUT2D eigenvalue weighted by Crippen LogP contribution is 2.41. The van der Waals surface area contributed by atoms with E-state index in [0.29, 0.717) is 25.9 Å². The van der Waals surface area contributed by atoms with Crippen LogP contribution < -0.4 is 33.7 Å². The number of likely N-dealkylation sites (tertiary alicyclic amines) is 1. The van der Waals surface area contributed by atoms with Crippen LogP contribution in [0, 0.1) is 35.3 Å². The molecule has 7 aliphatic rings. The number of aliphatic hydroxyl groups is 9. The molecule has 9 rings (SSSR count). The summed E-state index contributed by atoms with van der Waals surface area (Å²) in [6.07, 6.45) is -15.2. The Balaban J connectivity index is 0.0000125. The number of nitrogens with two attached hydrogens (primary N) is 2. The van der Waals surface area contributed by atoms with E-state index in [0.717, 1.165) is 38.5 Å². The summed E-state index contributed by atoms with van der Waals surface area (Å²) in [4.78, 5) is 62.7. The van der Waals surface area contributed by atoms with Gasteiger partial charge in [0, 0.05) is 68.4 Å². The lowest BCUT2D eigenvalue weighted by molar-refractivity contribution is -0.308. The molecular weight excluding hydrogens is 1300 g/mol. The molecule has 24 atom stereocenters. The minimum Gasteiger partial charge on any atom is -0.397 e. The maximum absolute atomic E-state index is 14.7. The van der Waals surface area contributed by atoms with Crippen molar-refractivity contribution in [1.82, 2.24) is 27.0 Å². The van der Waals surface area contributed by atoms with Gasteiger partial charge in [0.15, 0.2) is 12.6 Å². The van der Waals surface area contributed by atoms with Crippen molar-refractivity contribution in [3.63, 3.8) is 0 Å². The molecule has 2 aromatic carbocycles. The number of halogens is 2. The molecule has 99 heavy (non-hydrogen) atoms. The van der Waals surface area contributed by atoms with Gasteiger partial charge in [-0.05, 0) is 88.0 Å². The zero-order chi connectivity index (χ0) is 70.5. The average molecular weight is 1400 g/mol. The first-order valence-corrected chi connectivity index (χ1v) is 34.4. The molecular formula is C68H103F2N9O20. The molecule has 0 aromatic heterocycles. The van der Waals surface area contributed by atoms with Gasteiger partial charge in [-0.3, -0.25) is 24.2 Å². The summed E-state index contributed by atoms with van der Waals surface area (Å²) in [6.45, 7) is 3.99. The topological polar surface area (TPSA) is 466 Å². The number of aliphatic hydroxyl groups excluding tert-OH is 9. The number of ketones is 1. The third-order valence-electron chi connectivity index (χ3n) is 20.4. The lowest BCUT2D eigenvalue weighted by Crippen LogP contribution is -2.67. The second kappa shape index (κ2) is 36.9. The molecule has 4 aliphatic heterocycles. The van der Waals surface area contributed by atoms with E-state index in [4.69, 9.17) is 44.7 Å². The predicted molar refractivity (Wildman–Crippen MR) is 352 cm³/mol. The van der Waals surface area contributed by atoms with Crippen LogP contribution in [0.15, 0.2) is 64.8 Å². The summed E-state index contributed by atoms with van der Waals surface area (Å²) in [5, 5.41) is 113. The summed E-state index contributed by atoms with van der Waals surface area (Å²) in [5.41, 5.74) is 6.82. The molecule has 3 saturated carbocycles. The fourth-order valence-electron chi connectivity index (χ4n) is 14.6. The second-order valence-electron chi connectivity index (χ2n) is 27.2. The van der Waals surface area contributed by atoms with Gasteiger partial charge in [0.25, 0.3) is 5.91 Å². The molecule has 29 nitrogen and oxygen atoms in total. The van der Waals surface area contributed by atoms with E-state index in [1.165, 1.54) is 61.8 Å². The number of hydrogen-bond acceptors (Lipinski definition) is 26. The fraction of sp³-hybridized carbons (Fsp3) is 0.706. The molecule has 31 heteroatoms. The molecule has 3 aliphatic carbocycles. The Labute approximate surface area is 574 Å². The van der Waals surface area contributed by atoms with E-state index in [-0.39, 0.29) is 98.0 Å². The number of amides is 3. The molecule has 2 aromatic rings. The summed E-state index contributed by atoms with van der Waals surface area (Å²) in [7, 11) is 0. The highest BCUT2D eigenvalue weighted by atomic mass is 19.1. The van der Waals surface area contributed by atoms with E-state index in [2.05, 4.69) is 26.0 Å². The number of rotatable bonds is 28. The lowest BCUT2D eigenvalue weighted by Gasteiger charge is -2.49. The second-order valence-corrected chi connectivity index (χ2v) is 27.2. The number of aliphatic imine (C=N–C) groups is 1. The number of carbonyl (C=O) groups is 4. The number of ether oxygens (including phenoxy) is 7. The maximum Gasteiger partial charge on any atom is 0.251 e. The standard InChI is InChI=1S/C68H100F2N8O20.H3N/c1-4-37-23-40(27-49(63(37)92-33-53-59(86)62(89)56(83)34(2)93-53)96-67-55(76-35(3)81)64(60(87)52(32-80)97-67)94-50(66(91)78-20-11-21-78)22-36-12-6-5-7-13-36)47(82)18-10-19-73-65(90)41-26-45(74-30-46(77-72)39-15-9-17-43(70)25-39)57(84)48(28-41)95-68-61(88)54(58(85)51(31-79)98-68)75-29-44(71)38-14-8-16-42(69)24-38;/h8-9,14-17,24-25,29-30,34,36-37,40-41,45,48-64,67-68,75,79-80,83-89H,4-7,10-13,18-23,26-28,31-33,71-72H2,1-3H3,(H,73,90)(H,76,81);1H3/b44-29-,74-30?,77-46?;/t34?,37?,40?,41-,45?,48+,49+,50-,51?,52?,53-,54?,55?,56+,57?,58-,59?,60-,61+,62-,63+,64+,67+,68+;/m0./s1. The van der Waals surface area contributed by atoms with Gasteiger partial charge >= 0.3 is 0 Å². The third kappa shape index (κ3) is 19.9. The summed E-state index contributed by atoms with van der Waals surface area (Å²) >= 11 is 0. The van der Waals surface area contributed by atoms with Crippen LogP contribution in [0.25, 0.3) is 5.70 Å². The number of nitrogens with one attached hydrogen (secondary N) is 3. The number of carbonyl (C=O) groups excluding carboxylic acids is 4. The van der Waals surface area contributed by atoms with Gasteiger partial charge < -0.3 is 118 Å².